The summed E-state index contributed by atoms with van der Waals surface area (Å²) in [5.74, 6) is 0. The van der Waals surface area contributed by atoms with Crippen LogP contribution in [0.4, 0.5) is 0 Å². The van der Waals surface area contributed by atoms with Crippen molar-refractivity contribution in [1.29, 1.82) is 0 Å². The molecule has 0 atom stereocenters. The Hall–Kier alpha value is -5.60. The number of rotatable bonds is 3. The summed E-state index contributed by atoms with van der Waals surface area (Å²) in [6, 6.07) is 49.1. The first-order valence-corrected chi connectivity index (χ1v) is 15.6. The van der Waals surface area contributed by atoms with Crippen molar-refractivity contribution < 1.29 is 0 Å². The zero-order chi connectivity index (χ0) is 30.1. The van der Waals surface area contributed by atoms with Gasteiger partial charge in [-0.05, 0) is 101 Å². The van der Waals surface area contributed by atoms with E-state index in [0.717, 1.165) is 11.3 Å². The molecule has 2 nitrogen and oxygen atoms in total. The summed E-state index contributed by atoms with van der Waals surface area (Å²) in [5, 5.41) is 7.32. The molecule has 0 spiro atoms. The van der Waals surface area contributed by atoms with Crippen molar-refractivity contribution in [2.24, 2.45) is 0 Å². The predicted molar refractivity (Wildman–Crippen MR) is 188 cm³/mol. The van der Waals surface area contributed by atoms with Crippen LogP contribution in [0.15, 0.2) is 146 Å². The molecule has 8 aromatic rings. The van der Waals surface area contributed by atoms with Gasteiger partial charge in [0.1, 0.15) is 6.33 Å². The van der Waals surface area contributed by atoms with E-state index in [0.29, 0.717) is 0 Å². The maximum absolute atomic E-state index is 4.74. The Labute approximate surface area is 262 Å². The lowest BCUT2D eigenvalue weighted by Crippen LogP contribution is -2.14. The molecule has 0 bridgehead atoms. The zero-order valence-electron chi connectivity index (χ0n) is 25.3. The molecule has 1 aromatic heterocycles. The predicted octanol–water partition coefficient (Wildman–Crippen LogP) is 11.2. The minimum absolute atomic E-state index is 0.0330. The van der Waals surface area contributed by atoms with Gasteiger partial charge in [-0.1, -0.05) is 123 Å². The van der Waals surface area contributed by atoms with Crippen LogP contribution < -0.4 is 0 Å². The van der Waals surface area contributed by atoms with Crippen molar-refractivity contribution in [2.75, 3.05) is 0 Å². The Morgan fingerprint density at radius 3 is 1.98 bits per heavy atom. The van der Waals surface area contributed by atoms with E-state index in [-0.39, 0.29) is 5.41 Å². The smallest absolute Gasteiger partial charge is 0.116 e. The van der Waals surface area contributed by atoms with E-state index >= 15 is 0 Å². The van der Waals surface area contributed by atoms with Crippen LogP contribution in [0.5, 0.6) is 0 Å². The molecule has 0 radical (unpaired) electrons. The molecule has 1 aliphatic carbocycles. The van der Waals surface area contributed by atoms with E-state index in [1.165, 1.54) is 76.8 Å². The summed E-state index contributed by atoms with van der Waals surface area (Å²) in [6.45, 7) is 4.68. The minimum atomic E-state index is -0.0330. The second-order valence-electron chi connectivity index (χ2n) is 12.6. The van der Waals surface area contributed by atoms with Crippen molar-refractivity contribution in [2.45, 2.75) is 19.3 Å². The maximum Gasteiger partial charge on any atom is 0.116 e. The van der Waals surface area contributed by atoms with Crippen LogP contribution in [0, 0.1) is 0 Å². The summed E-state index contributed by atoms with van der Waals surface area (Å²) >= 11 is 0. The summed E-state index contributed by atoms with van der Waals surface area (Å²) in [5.41, 5.74) is 12.4. The molecular formula is C43H30N2. The fraction of sp³-hybridized carbons (Fsp3) is 0.0698. The van der Waals surface area contributed by atoms with Crippen molar-refractivity contribution >= 4 is 32.3 Å². The molecule has 0 fully saturated rings. The Kier molecular flexibility index (Phi) is 5.58. The molecule has 0 aliphatic heterocycles. The molecule has 9 rings (SSSR count). The quantitative estimate of drug-likeness (QED) is 0.196. The third-order valence-corrected chi connectivity index (χ3v) is 9.82. The lowest BCUT2D eigenvalue weighted by molar-refractivity contribution is 0.660. The Balaban J connectivity index is 1.38. The van der Waals surface area contributed by atoms with Gasteiger partial charge in [-0.15, -0.1) is 0 Å². The van der Waals surface area contributed by atoms with Gasteiger partial charge in [0.2, 0.25) is 0 Å². The van der Waals surface area contributed by atoms with Crippen LogP contribution >= 0.6 is 0 Å². The Morgan fingerprint density at radius 1 is 0.467 bits per heavy atom. The molecule has 0 saturated carbocycles. The average Bonchev–Trinajstić information content (AvgIpc) is 3.32. The number of aromatic nitrogens is 2. The fourth-order valence-electron chi connectivity index (χ4n) is 7.63. The monoisotopic (exact) mass is 574 g/mol. The maximum atomic E-state index is 4.74. The number of nitrogens with zero attached hydrogens (tertiary/aromatic N) is 2. The highest BCUT2D eigenvalue weighted by Gasteiger charge is 2.35. The minimum Gasteiger partial charge on any atom is -0.245 e. The molecule has 0 unspecified atom stereocenters. The normalized spacial score (nSPS) is 13.3. The summed E-state index contributed by atoms with van der Waals surface area (Å²) in [7, 11) is 0. The molecule has 0 N–H and O–H groups in total. The molecule has 7 aromatic carbocycles. The highest BCUT2D eigenvalue weighted by Crippen LogP contribution is 2.51. The largest absolute Gasteiger partial charge is 0.245 e. The molecule has 212 valence electrons. The first-order valence-electron chi connectivity index (χ1n) is 15.6. The van der Waals surface area contributed by atoms with Crippen LogP contribution in [0.1, 0.15) is 25.0 Å². The lowest BCUT2D eigenvalue weighted by atomic mass is 9.81. The van der Waals surface area contributed by atoms with Gasteiger partial charge in [0.25, 0.3) is 0 Å². The molecular weight excluding hydrogens is 544 g/mol. The van der Waals surface area contributed by atoms with Crippen LogP contribution in [-0.2, 0) is 5.41 Å². The molecule has 2 heteroatoms. The number of benzene rings is 7. The average molecular weight is 575 g/mol. The van der Waals surface area contributed by atoms with Gasteiger partial charge in [-0.3, -0.25) is 0 Å². The molecule has 45 heavy (non-hydrogen) atoms. The van der Waals surface area contributed by atoms with E-state index < -0.39 is 0 Å². The fourth-order valence-corrected chi connectivity index (χ4v) is 7.63. The van der Waals surface area contributed by atoms with E-state index in [9.17, 15) is 0 Å². The van der Waals surface area contributed by atoms with Crippen LogP contribution in [-0.4, -0.2) is 9.97 Å². The number of fused-ring (bicyclic) bond motifs is 6. The molecule has 0 amide bonds. The second kappa shape index (κ2) is 9.70. The van der Waals surface area contributed by atoms with E-state index in [2.05, 4.69) is 146 Å². The van der Waals surface area contributed by atoms with Crippen molar-refractivity contribution in [3.05, 3.63) is 157 Å². The van der Waals surface area contributed by atoms with Crippen molar-refractivity contribution in [3.8, 4) is 44.6 Å². The first kappa shape index (κ1) is 25.9. The Morgan fingerprint density at radius 2 is 1.13 bits per heavy atom. The van der Waals surface area contributed by atoms with Crippen LogP contribution in [0.3, 0.4) is 0 Å². The summed E-state index contributed by atoms with van der Waals surface area (Å²) in [4.78, 5) is 8.97. The molecule has 1 aliphatic rings. The standard InChI is InChI=1S/C43H30N2/c1-43(2)38-14-8-7-11-32(38)36-25-31(18-20-39(36)43)41-33-12-5-6-13-34(33)42(40-21-22-44-26-45-40)35-19-17-30(24-37(35)41)29-16-15-27-9-3-4-10-28(27)23-29/h3-26H,1-2H3. The SMILES string of the molecule is CC1(C)c2ccccc2-c2cc(-c3c4ccccc4c(-c4ccncn4)c4ccc(-c5ccc6ccccc6c5)cc34)ccc21. The summed E-state index contributed by atoms with van der Waals surface area (Å²) in [6.07, 6.45) is 3.48. The highest BCUT2D eigenvalue weighted by atomic mass is 14.8. The van der Waals surface area contributed by atoms with Crippen LogP contribution in [0.2, 0.25) is 0 Å². The third-order valence-electron chi connectivity index (χ3n) is 9.82. The first-order chi connectivity index (χ1) is 22.1. The zero-order valence-corrected chi connectivity index (χ0v) is 25.3. The lowest BCUT2D eigenvalue weighted by Gasteiger charge is -2.22. The van der Waals surface area contributed by atoms with Gasteiger partial charge < -0.3 is 0 Å². The Bertz CT molecular complexity index is 2450. The van der Waals surface area contributed by atoms with E-state index in [1.54, 1.807) is 6.33 Å². The van der Waals surface area contributed by atoms with Gasteiger partial charge in [0.05, 0.1) is 5.69 Å². The van der Waals surface area contributed by atoms with Gasteiger partial charge in [-0.2, -0.15) is 0 Å². The van der Waals surface area contributed by atoms with E-state index in [4.69, 9.17) is 4.98 Å². The van der Waals surface area contributed by atoms with Gasteiger partial charge in [0, 0.05) is 17.2 Å². The third kappa shape index (κ3) is 3.89. The van der Waals surface area contributed by atoms with Crippen molar-refractivity contribution in [1.82, 2.24) is 9.97 Å². The molecule has 1 heterocycles. The van der Waals surface area contributed by atoms with Crippen molar-refractivity contribution in [3.63, 3.8) is 0 Å². The van der Waals surface area contributed by atoms with E-state index in [1.807, 2.05) is 12.3 Å². The number of hydrogen-bond donors (Lipinski definition) is 0. The topological polar surface area (TPSA) is 25.8 Å². The summed E-state index contributed by atoms with van der Waals surface area (Å²) < 4.78 is 0. The highest BCUT2D eigenvalue weighted by molar-refractivity contribution is 6.21. The molecule has 0 saturated heterocycles. The van der Waals surface area contributed by atoms with Crippen LogP contribution in [0.25, 0.3) is 77.0 Å². The second-order valence-corrected chi connectivity index (χ2v) is 12.6. The van der Waals surface area contributed by atoms with Gasteiger partial charge >= 0.3 is 0 Å². The van der Waals surface area contributed by atoms with Gasteiger partial charge in [-0.25, -0.2) is 9.97 Å². The number of hydrogen-bond acceptors (Lipinski definition) is 2. The van der Waals surface area contributed by atoms with Gasteiger partial charge in [0.15, 0.2) is 0 Å².